The van der Waals surface area contributed by atoms with E-state index in [0.29, 0.717) is 19.4 Å². The van der Waals surface area contributed by atoms with Crippen LogP contribution in [0.25, 0.3) is 10.9 Å². The molecule has 2 unspecified atom stereocenters. The van der Waals surface area contributed by atoms with Crippen molar-refractivity contribution in [3.63, 3.8) is 0 Å². The average molecular weight is 459 g/mol. The molecule has 2 aliphatic rings. The summed E-state index contributed by atoms with van der Waals surface area (Å²) in [7, 11) is 0. The number of nitrogens with one attached hydrogen (secondary N) is 2. The molecule has 5 rings (SSSR count). The molecule has 2 atom stereocenters. The number of oxime groups is 1. The molecule has 0 aliphatic carbocycles. The van der Waals surface area contributed by atoms with Crippen LogP contribution in [0.4, 0.5) is 4.79 Å². The summed E-state index contributed by atoms with van der Waals surface area (Å²) < 4.78 is 6.07. The van der Waals surface area contributed by atoms with Crippen molar-refractivity contribution in [3.05, 3.63) is 71.4 Å². The van der Waals surface area contributed by atoms with Crippen LogP contribution < -0.4 is 15.4 Å². The molecule has 1 saturated heterocycles. The van der Waals surface area contributed by atoms with E-state index in [4.69, 9.17) is 9.57 Å². The van der Waals surface area contributed by atoms with Crippen LogP contribution in [-0.4, -0.2) is 28.2 Å². The Bertz CT molecular complexity index is 1320. The minimum atomic E-state index is -1.02. The van der Waals surface area contributed by atoms with Gasteiger partial charge in [-0.3, -0.25) is 15.1 Å². The van der Waals surface area contributed by atoms with Crippen LogP contribution in [0.1, 0.15) is 43.5 Å². The van der Waals surface area contributed by atoms with Crippen molar-refractivity contribution < 1.29 is 19.2 Å². The van der Waals surface area contributed by atoms with Gasteiger partial charge in [-0.2, -0.15) is 0 Å². The lowest BCUT2D eigenvalue weighted by Crippen LogP contribution is -2.45. The van der Waals surface area contributed by atoms with Crippen LogP contribution in [0, 0.1) is 6.92 Å². The molecule has 0 radical (unpaired) electrons. The number of imide groups is 1. The standard InChI is InChI=1S/C26H26N4O4/c1-16-12-17(21-6-4-5-7-22(21)27-16)15-33-20-10-8-18(9-11-20)26(3)14-19(30-34-26)13-25(2)23(31)28-24(32)29-25/h4-12H,13-15H2,1-3H3,(H2,28,29,31,32). The third-order valence-electron chi connectivity index (χ3n) is 6.38. The highest BCUT2D eigenvalue weighted by atomic mass is 16.7. The number of benzene rings is 2. The highest BCUT2D eigenvalue weighted by molar-refractivity contribution is 6.09. The molecule has 2 N–H and O–H groups in total. The van der Waals surface area contributed by atoms with Gasteiger partial charge in [0.1, 0.15) is 17.9 Å². The van der Waals surface area contributed by atoms with E-state index in [9.17, 15) is 9.59 Å². The van der Waals surface area contributed by atoms with Crippen LogP contribution in [0.3, 0.4) is 0 Å². The van der Waals surface area contributed by atoms with Crippen molar-refractivity contribution in [1.29, 1.82) is 0 Å². The van der Waals surface area contributed by atoms with E-state index in [1.54, 1.807) is 6.92 Å². The third-order valence-corrected chi connectivity index (χ3v) is 6.38. The fourth-order valence-corrected chi connectivity index (χ4v) is 4.56. The molecule has 0 bridgehead atoms. The molecule has 0 spiro atoms. The number of hydrogen-bond donors (Lipinski definition) is 2. The molecule has 8 nitrogen and oxygen atoms in total. The molecule has 1 fully saturated rings. The number of pyridine rings is 1. The Morgan fingerprint density at radius 3 is 2.59 bits per heavy atom. The van der Waals surface area contributed by atoms with Gasteiger partial charge in [-0.05, 0) is 50.6 Å². The Morgan fingerprint density at radius 1 is 1.09 bits per heavy atom. The summed E-state index contributed by atoms with van der Waals surface area (Å²) in [6.07, 6.45) is 0.814. The predicted octanol–water partition coefficient (Wildman–Crippen LogP) is 4.10. The van der Waals surface area contributed by atoms with Crippen LogP contribution in [0.5, 0.6) is 5.75 Å². The largest absolute Gasteiger partial charge is 0.489 e. The van der Waals surface area contributed by atoms with E-state index in [1.165, 1.54) is 0 Å². The molecule has 3 aromatic rings. The summed E-state index contributed by atoms with van der Waals surface area (Å²) in [5.41, 5.74) is 3.02. The minimum absolute atomic E-state index is 0.292. The lowest BCUT2D eigenvalue weighted by Gasteiger charge is -2.23. The van der Waals surface area contributed by atoms with E-state index < -0.39 is 17.2 Å². The summed E-state index contributed by atoms with van der Waals surface area (Å²) in [6, 6.07) is 17.4. The van der Waals surface area contributed by atoms with Gasteiger partial charge in [-0.25, -0.2) is 4.79 Å². The molecule has 3 heterocycles. The van der Waals surface area contributed by atoms with E-state index in [0.717, 1.165) is 39.2 Å². The highest BCUT2D eigenvalue weighted by Crippen LogP contribution is 2.37. The van der Waals surface area contributed by atoms with Crippen LogP contribution in [-0.2, 0) is 21.8 Å². The van der Waals surface area contributed by atoms with Gasteiger partial charge < -0.3 is 14.9 Å². The van der Waals surface area contributed by atoms with Gasteiger partial charge in [0.25, 0.3) is 5.91 Å². The second kappa shape index (κ2) is 8.13. The van der Waals surface area contributed by atoms with Gasteiger partial charge in [0.2, 0.25) is 0 Å². The number of aromatic nitrogens is 1. The molecular weight excluding hydrogens is 432 g/mol. The first-order valence-electron chi connectivity index (χ1n) is 11.2. The van der Waals surface area contributed by atoms with Crippen molar-refractivity contribution >= 4 is 28.6 Å². The maximum absolute atomic E-state index is 12.1. The molecule has 34 heavy (non-hydrogen) atoms. The Balaban J connectivity index is 1.24. The van der Waals surface area contributed by atoms with E-state index >= 15 is 0 Å². The molecule has 1 aromatic heterocycles. The number of fused-ring (bicyclic) bond motifs is 1. The molecule has 2 aliphatic heterocycles. The van der Waals surface area contributed by atoms with Crippen molar-refractivity contribution in [1.82, 2.24) is 15.6 Å². The van der Waals surface area contributed by atoms with Gasteiger partial charge >= 0.3 is 6.03 Å². The van der Waals surface area contributed by atoms with Crippen molar-refractivity contribution in [2.75, 3.05) is 0 Å². The van der Waals surface area contributed by atoms with E-state index in [1.807, 2.05) is 56.3 Å². The van der Waals surface area contributed by atoms with Crippen molar-refractivity contribution in [2.24, 2.45) is 5.16 Å². The molecule has 3 amide bonds. The van der Waals surface area contributed by atoms with Gasteiger partial charge in [0.15, 0.2) is 5.60 Å². The summed E-state index contributed by atoms with van der Waals surface area (Å²) in [5.74, 6) is 0.398. The van der Waals surface area contributed by atoms with E-state index in [2.05, 4.69) is 32.9 Å². The number of carbonyl (C=O) groups is 2. The van der Waals surface area contributed by atoms with Crippen molar-refractivity contribution in [2.45, 2.75) is 51.4 Å². The molecular formula is C26H26N4O4. The lowest BCUT2D eigenvalue weighted by atomic mass is 9.86. The quantitative estimate of drug-likeness (QED) is 0.542. The summed E-state index contributed by atoms with van der Waals surface area (Å²) in [5, 5.41) is 10.2. The second-order valence-corrected chi connectivity index (χ2v) is 9.33. The third kappa shape index (κ3) is 4.07. The lowest BCUT2D eigenvalue weighted by molar-refractivity contribution is -0.123. The number of ether oxygens (including phenoxy) is 1. The SMILES string of the molecule is Cc1cc(COc2ccc(C3(C)CC(CC4(C)NC(=O)NC4=O)=NO3)cc2)c2ccccc2n1. The summed E-state index contributed by atoms with van der Waals surface area (Å²) in [6.45, 7) is 6.07. The number of carbonyl (C=O) groups excluding carboxylic acids is 2. The number of aryl methyl sites for hydroxylation is 1. The number of nitrogens with zero attached hydrogens (tertiary/aromatic N) is 2. The zero-order valence-corrected chi connectivity index (χ0v) is 19.3. The number of rotatable bonds is 6. The first-order valence-corrected chi connectivity index (χ1v) is 11.2. The van der Waals surface area contributed by atoms with Gasteiger partial charge in [-0.1, -0.05) is 35.5 Å². The Hall–Kier alpha value is -3.94. The van der Waals surface area contributed by atoms with Crippen LogP contribution in [0.2, 0.25) is 0 Å². The first kappa shape index (κ1) is 21.9. The summed E-state index contributed by atoms with van der Waals surface area (Å²) >= 11 is 0. The Kier molecular flexibility index (Phi) is 5.23. The van der Waals surface area contributed by atoms with Crippen LogP contribution in [0.15, 0.2) is 59.8 Å². The maximum Gasteiger partial charge on any atom is 0.322 e. The zero-order chi connectivity index (χ0) is 23.9. The zero-order valence-electron chi connectivity index (χ0n) is 19.3. The average Bonchev–Trinajstić information content (AvgIpc) is 3.30. The molecule has 8 heteroatoms. The second-order valence-electron chi connectivity index (χ2n) is 9.33. The smallest absolute Gasteiger partial charge is 0.322 e. The van der Waals surface area contributed by atoms with E-state index in [-0.39, 0.29) is 5.91 Å². The normalized spacial score (nSPS) is 23.9. The van der Waals surface area contributed by atoms with Crippen molar-refractivity contribution in [3.8, 4) is 5.75 Å². The van der Waals surface area contributed by atoms with Gasteiger partial charge in [0.05, 0.1) is 11.2 Å². The fourth-order valence-electron chi connectivity index (χ4n) is 4.56. The Morgan fingerprint density at radius 2 is 1.85 bits per heavy atom. The van der Waals surface area contributed by atoms with Crippen LogP contribution >= 0.6 is 0 Å². The van der Waals surface area contributed by atoms with Gasteiger partial charge in [0, 0.05) is 29.5 Å². The molecule has 2 aromatic carbocycles. The minimum Gasteiger partial charge on any atom is -0.489 e. The summed E-state index contributed by atoms with van der Waals surface area (Å²) in [4.78, 5) is 34.0. The predicted molar refractivity (Wildman–Crippen MR) is 127 cm³/mol. The number of urea groups is 1. The number of para-hydroxylation sites is 1. The monoisotopic (exact) mass is 458 g/mol. The molecule has 174 valence electrons. The number of hydrogen-bond acceptors (Lipinski definition) is 6. The molecule has 0 saturated carbocycles. The Labute approximate surface area is 197 Å². The van der Waals surface area contributed by atoms with Gasteiger partial charge in [-0.15, -0.1) is 0 Å². The number of amides is 3. The highest BCUT2D eigenvalue weighted by Gasteiger charge is 2.46. The maximum atomic E-state index is 12.1. The topological polar surface area (TPSA) is 102 Å². The first-order chi connectivity index (χ1) is 16.2. The fraction of sp³-hybridized carbons (Fsp3) is 0.308.